The number of hydrogen-bond acceptors (Lipinski definition) is 0. The van der Waals surface area contributed by atoms with Crippen LogP contribution in [0.25, 0.3) is 0 Å². The van der Waals surface area contributed by atoms with Crippen LogP contribution in [0.3, 0.4) is 0 Å². The van der Waals surface area contributed by atoms with Gasteiger partial charge >= 0.3 is 0 Å². The van der Waals surface area contributed by atoms with Crippen molar-refractivity contribution in [1.82, 2.24) is 0 Å². The van der Waals surface area contributed by atoms with Gasteiger partial charge in [-0.25, -0.2) is 0 Å². The molecule has 0 spiro atoms. The third kappa shape index (κ3) is 1.63. The van der Waals surface area contributed by atoms with Crippen molar-refractivity contribution in [2.45, 2.75) is 80.5 Å². The molecule has 8 aliphatic carbocycles. The van der Waals surface area contributed by atoms with Gasteiger partial charge in [0.25, 0.3) is 0 Å². The minimum Gasteiger partial charge on any atom is -0.0788 e. The molecular weight excluding hydrogens is 367 g/mol. The van der Waals surface area contributed by atoms with Crippen LogP contribution in [0.15, 0.2) is 0 Å². The van der Waals surface area contributed by atoms with Gasteiger partial charge in [-0.3, -0.25) is 0 Å². The van der Waals surface area contributed by atoms with E-state index < -0.39 is 0 Å². The van der Waals surface area contributed by atoms with E-state index in [1.807, 2.05) is 0 Å². The lowest BCUT2D eigenvalue weighted by Crippen LogP contribution is -2.63. The molecule has 0 amide bonds. The Morgan fingerprint density at radius 3 is 1.43 bits per heavy atom. The van der Waals surface area contributed by atoms with Crippen LogP contribution in [-0.4, -0.2) is 3.42 Å². The van der Waals surface area contributed by atoms with Crippen molar-refractivity contribution in [3.05, 3.63) is 0 Å². The van der Waals surface area contributed by atoms with E-state index in [2.05, 4.69) is 22.6 Å². The standard InChI is InChI=1S/C20H29I/c21-20-10-16-4-17(11-20)9-19(8-16,12-20)18-5-13-1-14(6-18)3-15(2-13)7-18/h13-17H,1-12H2. The Morgan fingerprint density at radius 1 is 0.524 bits per heavy atom. The maximum absolute atomic E-state index is 2.93. The molecule has 2 unspecified atom stereocenters. The van der Waals surface area contributed by atoms with Crippen LogP contribution in [-0.2, 0) is 0 Å². The van der Waals surface area contributed by atoms with E-state index in [4.69, 9.17) is 0 Å². The van der Waals surface area contributed by atoms with Crippen molar-refractivity contribution in [2.75, 3.05) is 0 Å². The SMILES string of the molecule is IC12CC3CC(C1)CC(C14CC5CC(CC(C5)C1)C4)(C3)C2. The van der Waals surface area contributed by atoms with Gasteiger partial charge in [0.05, 0.1) is 0 Å². The van der Waals surface area contributed by atoms with E-state index in [0.29, 0.717) is 0 Å². The van der Waals surface area contributed by atoms with Gasteiger partial charge in [0, 0.05) is 3.42 Å². The van der Waals surface area contributed by atoms with Gasteiger partial charge in [-0.15, -0.1) is 0 Å². The fraction of sp³-hybridized carbons (Fsp3) is 1.00. The van der Waals surface area contributed by atoms with Crippen molar-refractivity contribution < 1.29 is 0 Å². The molecule has 0 aromatic heterocycles. The Kier molecular flexibility index (Phi) is 2.40. The molecule has 8 fully saturated rings. The van der Waals surface area contributed by atoms with E-state index in [9.17, 15) is 0 Å². The van der Waals surface area contributed by atoms with Crippen LogP contribution in [0.5, 0.6) is 0 Å². The molecule has 8 rings (SSSR count). The predicted molar refractivity (Wildman–Crippen MR) is 94.5 cm³/mol. The molecule has 0 heterocycles. The van der Waals surface area contributed by atoms with Crippen molar-refractivity contribution in [2.24, 2.45) is 40.4 Å². The second-order valence-corrected chi connectivity index (χ2v) is 12.9. The third-order valence-corrected chi connectivity index (χ3v) is 10.4. The fourth-order valence-corrected chi connectivity index (χ4v) is 11.5. The highest BCUT2D eigenvalue weighted by Gasteiger charge is 2.67. The Hall–Kier alpha value is 0.730. The van der Waals surface area contributed by atoms with Crippen LogP contribution in [0.2, 0.25) is 0 Å². The summed E-state index contributed by atoms with van der Waals surface area (Å²) in [6, 6.07) is 0. The predicted octanol–water partition coefficient (Wildman–Crippen LogP) is 5.98. The zero-order chi connectivity index (χ0) is 13.9. The van der Waals surface area contributed by atoms with E-state index in [1.165, 1.54) is 0 Å². The maximum Gasteiger partial charge on any atom is 0.0233 e. The second kappa shape index (κ2) is 3.86. The Balaban J connectivity index is 1.45. The molecule has 21 heavy (non-hydrogen) atoms. The molecule has 0 radical (unpaired) electrons. The average molecular weight is 396 g/mol. The van der Waals surface area contributed by atoms with Gasteiger partial charge in [0.2, 0.25) is 0 Å². The van der Waals surface area contributed by atoms with Gasteiger partial charge < -0.3 is 0 Å². The van der Waals surface area contributed by atoms with Crippen LogP contribution in [0, 0.1) is 40.4 Å². The Bertz CT molecular complexity index is 443. The molecule has 0 saturated heterocycles. The van der Waals surface area contributed by atoms with Crippen LogP contribution in [0.1, 0.15) is 77.0 Å². The van der Waals surface area contributed by atoms with E-state index >= 15 is 0 Å². The van der Waals surface area contributed by atoms with Crippen LogP contribution < -0.4 is 0 Å². The molecule has 8 aliphatic rings. The van der Waals surface area contributed by atoms with E-state index in [-0.39, 0.29) is 0 Å². The molecule has 0 aromatic carbocycles. The highest BCUT2D eigenvalue weighted by molar-refractivity contribution is 14.1. The zero-order valence-corrected chi connectivity index (χ0v) is 15.4. The van der Waals surface area contributed by atoms with Gasteiger partial charge in [0.1, 0.15) is 0 Å². The lowest BCUT2D eigenvalue weighted by molar-refractivity contribution is -0.191. The first-order valence-electron chi connectivity index (χ1n) is 9.74. The topological polar surface area (TPSA) is 0 Å². The summed E-state index contributed by atoms with van der Waals surface area (Å²) in [5.74, 6) is 5.69. The summed E-state index contributed by atoms with van der Waals surface area (Å²) in [4.78, 5) is 0. The maximum atomic E-state index is 2.93. The van der Waals surface area contributed by atoms with Crippen molar-refractivity contribution in [1.29, 1.82) is 0 Å². The Labute approximate surface area is 143 Å². The number of alkyl halides is 1. The molecular formula is C20H29I. The monoisotopic (exact) mass is 396 g/mol. The minimum absolute atomic E-state index is 0.727. The number of hydrogen-bond donors (Lipinski definition) is 0. The number of rotatable bonds is 1. The molecule has 0 aromatic rings. The quantitative estimate of drug-likeness (QED) is 0.378. The molecule has 2 atom stereocenters. The fourth-order valence-electron chi connectivity index (χ4n) is 9.53. The summed E-state index contributed by atoms with van der Waals surface area (Å²) in [7, 11) is 0. The van der Waals surface area contributed by atoms with Gasteiger partial charge in [-0.2, -0.15) is 0 Å². The molecule has 8 saturated carbocycles. The van der Waals surface area contributed by atoms with E-state index in [1.54, 1.807) is 77.0 Å². The van der Waals surface area contributed by atoms with Crippen LogP contribution >= 0.6 is 22.6 Å². The first-order valence-corrected chi connectivity index (χ1v) is 10.8. The zero-order valence-electron chi connectivity index (χ0n) is 13.2. The third-order valence-electron chi connectivity index (χ3n) is 9.15. The largest absolute Gasteiger partial charge is 0.0788 e. The first kappa shape index (κ1) is 13.1. The highest BCUT2D eigenvalue weighted by atomic mass is 127. The second-order valence-electron chi connectivity index (χ2n) is 10.6. The van der Waals surface area contributed by atoms with E-state index in [0.717, 1.165) is 43.8 Å². The Morgan fingerprint density at radius 2 is 0.952 bits per heavy atom. The summed E-state index contributed by atoms with van der Waals surface area (Å²) < 4.78 is 0.727. The molecule has 0 nitrogen and oxygen atoms in total. The highest BCUT2D eigenvalue weighted by Crippen LogP contribution is 2.76. The lowest BCUT2D eigenvalue weighted by Gasteiger charge is -2.71. The molecule has 116 valence electrons. The minimum atomic E-state index is 0.727. The van der Waals surface area contributed by atoms with Crippen molar-refractivity contribution in [3.63, 3.8) is 0 Å². The summed E-state index contributed by atoms with van der Waals surface area (Å²) >= 11 is 2.93. The van der Waals surface area contributed by atoms with Gasteiger partial charge in [-0.1, -0.05) is 22.6 Å². The summed E-state index contributed by atoms with van der Waals surface area (Å²) in [5.41, 5.74) is 1.64. The number of halogens is 1. The molecule has 0 N–H and O–H groups in total. The normalized spacial score (nSPS) is 67.0. The molecule has 8 bridgehead atoms. The average Bonchev–Trinajstić information content (AvgIpc) is 2.33. The smallest absolute Gasteiger partial charge is 0.0233 e. The summed E-state index contributed by atoms with van der Waals surface area (Å²) in [6.45, 7) is 0. The first-order chi connectivity index (χ1) is 10.1. The molecule has 0 aliphatic heterocycles. The summed E-state index contributed by atoms with van der Waals surface area (Å²) in [5, 5.41) is 0. The van der Waals surface area contributed by atoms with Gasteiger partial charge in [0.15, 0.2) is 0 Å². The lowest BCUT2D eigenvalue weighted by atomic mass is 9.35. The van der Waals surface area contributed by atoms with Crippen molar-refractivity contribution >= 4 is 22.6 Å². The molecule has 1 heteroatoms. The van der Waals surface area contributed by atoms with Gasteiger partial charge in [-0.05, 0) is 117 Å². The van der Waals surface area contributed by atoms with Crippen molar-refractivity contribution in [3.8, 4) is 0 Å². The summed E-state index contributed by atoms with van der Waals surface area (Å²) in [6.07, 6.45) is 19.5. The van der Waals surface area contributed by atoms with Crippen LogP contribution in [0.4, 0.5) is 0 Å².